The minimum atomic E-state index is -0.220. The molecule has 4 heteroatoms. The lowest BCUT2D eigenvalue weighted by molar-refractivity contribution is 0.596. The lowest BCUT2D eigenvalue weighted by Gasteiger charge is -2.24. The summed E-state index contributed by atoms with van der Waals surface area (Å²) in [4.78, 5) is 11.3. The molecular formula is C7H10N4. The van der Waals surface area contributed by atoms with Crippen LogP contribution in [0.25, 0.3) is 0 Å². The lowest BCUT2D eigenvalue weighted by Crippen LogP contribution is -2.31. The Morgan fingerprint density at radius 2 is 2.27 bits per heavy atom. The summed E-state index contributed by atoms with van der Waals surface area (Å²) in [5.74, 6) is 0.880. The number of rotatable bonds is 0. The smallest absolute Gasteiger partial charge is 0.154 e. The molecule has 0 unspecified atom stereocenters. The highest BCUT2D eigenvalue weighted by Gasteiger charge is 2.21. The molecule has 1 aromatic heterocycles. The fourth-order valence-electron chi connectivity index (χ4n) is 1.05. The summed E-state index contributed by atoms with van der Waals surface area (Å²) < 4.78 is 0. The zero-order valence-corrected chi connectivity index (χ0v) is 6.55. The van der Waals surface area contributed by atoms with E-state index in [-0.39, 0.29) is 5.66 Å². The van der Waals surface area contributed by atoms with Crippen LogP contribution in [-0.4, -0.2) is 21.8 Å². The maximum atomic E-state index is 4.27. The van der Waals surface area contributed by atoms with E-state index in [4.69, 9.17) is 0 Å². The Bertz CT molecular complexity index is 297. The van der Waals surface area contributed by atoms with Gasteiger partial charge < -0.3 is 10.3 Å². The first-order valence-corrected chi connectivity index (χ1v) is 3.54. The largest absolute Gasteiger partial charge is 0.345 e. The standard InChI is InChI=1S/C7H10N4/c1-7(2)10-3-5-6(11-7)9-4-8-5/h3-4,11H,1-2H3,(H,8,9). The number of hydrogen-bond acceptors (Lipinski definition) is 3. The van der Waals surface area contributed by atoms with E-state index in [1.807, 2.05) is 13.8 Å². The van der Waals surface area contributed by atoms with Gasteiger partial charge in [-0.15, -0.1) is 0 Å². The fraction of sp³-hybridized carbons (Fsp3) is 0.429. The average Bonchev–Trinajstić information content (AvgIpc) is 2.31. The molecule has 0 radical (unpaired) electrons. The summed E-state index contributed by atoms with van der Waals surface area (Å²) in [6, 6.07) is 0. The van der Waals surface area contributed by atoms with Crippen LogP contribution in [0.5, 0.6) is 0 Å². The zero-order chi connectivity index (χ0) is 7.90. The van der Waals surface area contributed by atoms with Gasteiger partial charge in [0.25, 0.3) is 0 Å². The molecule has 0 amide bonds. The molecule has 0 aliphatic carbocycles. The van der Waals surface area contributed by atoms with E-state index in [1.54, 1.807) is 12.5 Å². The van der Waals surface area contributed by atoms with Gasteiger partial charge in [0.15, 0.2) is 5.82 Å². The number of aromatic amines is 1. The number of nitrogens with one attached hydrogen (secondary N) is 2. The highest BCUT2D eigenvalue weighted by atomic mass is 15.2. The van der Waals surface area contributed by atoms with E-state index in [1.165, 1.54) is 0 Å². The molecule has 0 bridgehead atoms. The van der Waals surface area contributed by atoms with E-state index >= 15 is 0 Å². The van der Waals surface area contributed by atoms with E-state index < -0.39 is 0 Å². The van der Waals surface area contributed by atoms with Gasteiger partial charge >= 0.3 is 0 Å². The van der Waals surface area contributed by atoms with Crippen LogP contribution in [0.3, 0.4) is 0 Å². The second kappa shape index (κ2) is 1.84. The van der Waals surface area contributed by atoms with E-state index in [9.17, 15) is 0 Å². The molecule has 0 fully saturated rings. The van der Waals surface area contributed by atoms with Crippen LogP contribution in [0.4, 0.5) is 5.82 Å². The molecule has 1 aliphatic rings. The Labute approximate surface area is 64.8 Å². The molecule has 0 saturated heterocycles. The number of imidazole rings is 1. The minimum absolute atomic E-state index is 0.220. The summed E-state index contributed by atoms with van der Waals surface area (Å²) in [5, 5.41) is 3.18. The molecule has 0 aromatic carbocycles. The normalized spacial score (nSPS) is 19.1. The molecule has 11 heavy (non-hydrogen) atoms. The van der Waals surface area contributed by atoms with Crippen molar-refractivity contribution in [1.29, 1.82) is 0 Å². The molecule has 0 spiro atoms. The Balaban J connectivity index is 2.44. The van der Waals surface area contributed by atoms with Crippen molar-refractivity contribution >= 4 is 12.0 Å². The van der Waals surface area contributed by atoms with Crippen molar-refractivity contribution in [1.82, 2.24) is 9.97 Å². The zero-order valence-electron chi connectivity index (χ0n) is 6.55. The van der Waals surface area contributed by atoms with Crippen molar-refractivity contribution in [2.75, 3.05) is 5.32 Å². The van der Waals surface area contributed by atoms with Crippen LogP contribution >= 0.6 is 0 Å². The van der Waals surface area contributed by atoms with Crippen molar-refractivity contribution in [3.63, 3.8) is 0 Å². The Morgan fingerprint density at radius 3 is 3.09 bits per heavy atom. The second-order valence-electron chi connectivity index (χ2n) is 3.11. The number of nitrogens with zero attached hydrogens (tertiary/aromatic N) is 2. The van der Waals surface area contributed by atoms with Gasteiger partial charge in [-0.3, -0.25) is 4.99 Å². The summed E-state index contributed by atoms with van der Waals surface area (Å²) >= 11 is 0. The first kappa shape index (κ1) is 6.39. The average molecular weight is 150 g/mol. The lowest BCUT2D eigenvalue weighted by atomic mass is 10.2. The van der Waals surface area contributed by atoms with Crippen molar-refractivity contribution in [2.45, 2.75) is 19.5 Å². The topological polar surface area (TPSA) is 53.1 Å². The number of anilines is 1. The molecule has 0 saturated carbocycles. The summed E-state index contributed by atoms with van der Waals surface area (Å²) in [7, 11) is 0. The number of aliphatic imine (C=N–C) groups is 1. The van der Waals surface area contributed by atoms with Crippen molar-refractivity contribution in [2.24, 2.45) is 4.99 Å². The number of hydrogen-bond donors (Lipinski definition) is 2. The molecule has 2 heterocycles. The number of aromatic nitrogens is 2. The van der Waals surface area contributed by atoms with Crippen LogP contribution in [0, 0.1) is 0 Å². The molecule has 1 aromatic rings. The van der Waals surface area contributed by atoms with Gasteiger partial charge in [0, 0.05) is 0 Å². The summed E-state index contributed by atoms with van der Waals surface area (Å²) in [6.07, 6.45) is 3.46. The monoisotopic (exact) mass is 150 g/mol. The molecule has 0 atom stereocenters. The fourth-order valence-corrected chi connectivity index (χ4v) is 1.05. The minimum Gasteiger partial charge on any atom is -0.345 e. The third kappa shape index (κ3) is 1.00. The summed E-state index contributed by atoms with van der Waals surface area (Å²) in [5.41, 5.74) is 0.728. The third-order valence-electron chi connectivity index (χ3n) is 1.61. The van der Waals surface area contributed by atoms with Gasteiger partial charge in [-0.2, -0.15) is 0 Å². The first-order valence-electron chi connectivity index (χ1n) is 3.54. The van der Waals surface area contributed by atoms with Gasteiger partial charge in [0.2, 0.25) is 0 Å². The SMILES string of the molecule is CC1(C)N=Cc2[nH]cnc2N1. The predicted molar refractivity (Wildman–Crippen MR) is 43.9 cm³/mol. The van der Waals surface area contributed by atoms with Gasteiger partial charge in [-0.05, 0) is 13.8 Å². The maximum absolute atomic E-state index is 4.27. The molecule has 1 aliphatic heterocycles. The van der Waals surface area contributed by atoms with Gasteiger partial charge in [0.1, 0.15) is 11.4 Å². The van der Waals surface area contributed by atoms with E-state index in [0.717, 1.165) is 11.5 Å². The molecule has 58 valence electrons. The van der Waals surface area contributed by atoms with E-state index in [2.05, 4.69) is 20.3 Å². The highest BCUT2D eigenvalue weighted by Crippen LogP contribution is 2.20. The van der Waals surface area contributed by atoms with Crippen molar-refractivity contribution < 1.29 is 0 Å². The number of H-pyrrole nitrogens is 1. The van der Waals surface area contributed by atoms with Gasteiger partial charge in [-0.1, -0.05) is 0 Å². The third-order valence-corrected chi connectivity index (χ3v) is 1.61. The van der Waals surface area contributed by atoms with E-state index in [0.29, 0.717) is 0 Å². The molecule has 2 N–H and O–H groups in total. The summed E-state index contributed by atoms with van der Waals surface area (Å²) in [6.45, 7) is 4.00. The first-order chi connectivity index (χ1) is 5.17. The Morgan fingerprint density at radius 1 is 1.45 bits per heavy atom. The van der Waals surface area contributed by atoms with Crippen LogP contribution in [0.2, 0.25) is 0 Å². The van der Waals surface area contributed by atoms with Gasteiger partial charge in [-0.25, -0.2) is 4.98 Å². The maximum Gasteiger partial charge on any atom is 0.154 e. The Kier molecular flexibility index (Phi) is 1.07. The molecule has 2 rings (SSSR count). The van der Waals surface area contributed by atoms with Crippen molar-refractivity contribution in [3.8, 4) is 0 Å². The van der Waals surface area contributed by atoms with Gasteiger partial charge in [0.05, 0.1) is 12.5 Å². The number of fused-ring (bicyclic) bond motifs is 1. The van der Waals surface area contributed by atoms with Crippen LogP contribution in [0.1, 0.15) is 19.5 Å². The quantitative estimate of drug-likeness (QED) is 0.579. The highest BCUT2D eigenvalue weighted by molar-refractivity contribution is 5.86. The Hall–Kier alpha value is -1.32. The predicted octanol–water partition coefficient (Wildman–Crippen LogP) is 0.990. The molecule has 4 nitrogen and oxygen atoms in total. The second-order valence-corrected chi connectivity index (χ2v) is 3.11. The van der Waals surface area contributed by atoms with Crippen LogP contribution in [-0.2, 0) is 0 Å². The van der Waals surface area contributed by atoms with Crippen LogP contribution < -0.4 is 5.32 Å². The van der Waals surface area contributed by atoms with Crippen molar-refractivity contribution in [3.05, 3.63) is 12.0 Å². The van der Waals surface area contributed by atoms with Crippen LogP contribution in [0.15, 0.2) is 11.3 Å². The molecular weight excluding hydrogens is 140 g/mol.